The Labute approximate surface area is 169 Å². The van der Waals surface area contributed by atoms with Gasteiger partial charge in [0.1, 0.15) is 21.3 Å². The first kappa shape index (κ1) is 21.2. The summed E-state index contributed by atoms with van der Waals surface area (Å²) >= 11 is 0. The number of hydrogen-bond donors (Lipinski definition) is 3. The number of aryl methyl sites for hydroxylation is 1. The number of nitrogens with zero attached hydrogens (tertiary/aromatic N) is 2. The van der Waals surface area contributed by atoms with Gasteiger partial charge in [0.2, 0.25) is 10.0 Å². The van der Waals surface area contributed by atoms with Crippen LogP contribution >= 0.6 is 0 Å². The molecule has 156 valence electrons. The molecular formula is C18H23N5O4S2. The van der Waals surface area contributed by atoms with Crippen molar-refractivity contribution < 1.29 is 16.8 Å². The van der Waals surface area contributed by atoms with Crippen LogP contribution in [0.4, 0.5) is 0 Å². The van der Waals surface area contributed by atoms with Gasteiger partial charge in [0, 0.05) is 35.1 Å². The first-order chi connectivity index (χ1) is 13.6. The first-order valence-electron chi connectivity index (χ1n) is 8.94. The minimum absolute atomic E-state index is 0.0352. The molecule has 3 rings (SSSR count). The van der Waals surface area contributed by atoms with Gasteiger partial charge >= 0.3 is 0 Å². The summed E-state index contributed by atoms with van der Waals surface area (Å²) in [7, 11) is -6.99. The van der Waals surface area contributed by atoms with Crippen LogP contribution < -0.4 is 10.5 Å². The van der Waals surface area contributed by atoms with Crippen LogP contribution in [-0.4, -0.2) is 50.2 Å². The van der Waals surface area contributed by atoms with Gasteiger partial charge in [-0.3, -0.25) is 0 Å². The fourth-order valence-corrected chi connectivity index (χ4v) is 5.82. The third-order valence-corrected chi connectivity index (χ3v) is 7.91. The van der Waals surface area contributed by atoms with E-state index in [1.54, 1.807) is 12.3 Å². The number of rotatable bonds is 6. The second-order valence-electron chi connectivity index (χ2n) is 6.87. The van der Waals surface area contributed by atoms with Crippen LogP contribution in [-0.2, 0) is 19.9 Å². The van der Waals surface area contributed by atoms with Gasteiger partial charge in [-0.15, -0.1) is 0 Å². The van der Waals surface area contributed by atoms with Crippen molar-refractivity contribution in [2.45, 2.75) is 25.8 Å². The van der Waals surface area contributed by atoms with Crippen LogP contribution in [0.5, 0.6) is 0 Å². The van der Waals surface area contributed by atoms with E-state index in [-0.39, 0.29) is 35.1 Å². The Kier molecular flexibility index (Phi) is 5.92. The molecular weight excluding hydrogens is 414 g/mol. The normalized spacial score (nSPS) is 18.8. The Morgan fingerprint density at radius 1 is 1.41 bits per heavy atom. The van der Waals surface area contributed by atoms with Crippen molar-refractivity contribution in [2.24, 2.45) is 10.7 Å². The summed E-state index contributed by atoms with van der Waals surface area (Å²) in [6.45, 7) is 5.43. The van der Waals surface area contributed by atoms with Crippen molar-refractivity contribution in [1.29, 1.82) is 0 Å². The highest BCUT2D eigenvalue weighted by atomic mass is 32.2. The zero-order valence-corrected chi connectivity index (χ0v) is 17.6. The number of sulfonamides is 1. The molecule has 2 aromatic rings. The number of amidine groups is 1. The molecule has 1 fully saturated rings. The van der Waals surface area contributed by atoms with E-state index < -0.39 is 25.9 Å². The molecule has 0 bridgehead atoms. The lowest BCUT2D eigenvalue weighted by molar-refractivity contribution is 0.508. The van der Waals surface area contributed by atoms with Crippen LogP contribution in [0.3, 0.4) is 0 Å². The SMILES string of the molecule is C=C/C(=C\N=C(/N)c1ccnc2[nH]c(C)cc12)S(=O)(=O)NC1CCS(=O)(=O)CC1. The molecule has 4 N–H and O–H groups in total. The number of aromatic amines is 1. The van der Waals surface area contributed by atoms with Gasteiger partial charge in [0.15, 0.2) is 0 Å². The Hall–Kier alpha value is -2.50. The third-order valence-electron chi connectivity index (χ3n) is 4.66. The maximum atomic E-state index is 12.6. The van der Waals surface area contributed by atoms with Crippen molar-refractivity contribution in [2.75, 3.05) is 11.5 Å². The third kappa shape index (κ3) is 4.92. The lowest BCUT2D eigenvalue weighted by Crippen LogP contribution is -2.41. The molecule has 9 nitrogen and oxygen atoms in total. The molecule has 2 aromatic heterocycles. The highest BCUT2D eigenvalue weighted by Gasteiger charge is 2.27. The van der Waals surface area contributed by atoms with Crippen molar-refractivity contribution >= 4 is 36.7 Å². The standard InChI is InChI=1S/C18H23N5O4S2/c1-3-14(29(26,27)23-13-5-8-28(24,25)9-6-13)11-21-17(19)15-4-7-20-18-16(15)10-12(2)22-18/h3-4,7,10-11,13,23H,1,5-6,8-9H2,2H3,(H2,19,21)(H,20,22)/b14-11+. The number of nitrogens with one attached hydrogen (secondary N) is 2. The Balaban J connectivity index is 1.83. The molecule has 0 atom stereocenters. The first-order valence-corrected chi connectivity index (χ1v) is 12.2. The summed E-state index contributed by atoms with van der Waals surface area (Å²) in [5.74, 6) is 0.0636. The molecule has 0 saturated carbocycles. The minimum Gasteiger partial charge on any atom is -0.383 e. The van der Waals surface area contributed by atoms with Gasteiger partial charge in [-0.25, -0.2) is 31.5 Å². The summed E-state index contributed by atoms with van der Waals surface area (Å²) < 4.78 is 50.8. The molecule has 11 heteroatoms. The number of hydrogen-bond acceptors (Lipinski definition) is 6. The van der Waals surface area contributed by atoms with Gasteiger partial charge in [-0.05, 0) is 38.0 Å². The summed E-state index contributed by atoms with van der Waals surface area (Å²) in [6, 6.07) is 3.13. The van der Waals surface area contributed by atoms with Crippen LogP contribution in [0.15, 0.2) is 47.1 Å². The smallest absolute Gasteiger partial charge is 0.242 e. The number of aliphatic imine (C=N–C) groups is 1. The molecule has 1 saturated heterocycles. The lowest BCUT2D eigenvalue weighted by Gasteiger charge is -2.22. The number of aromatic nitrogens is 2. The quantitative estimate of drug-likeness (QED) is 0.350. The number of sulfone groups is 1. The van der Waals surface area contributed by atoms with Crippen LogP contribution in [0.2, 0.25) is 0 Å². The topological polar surface area (TPSA) is 147 Å². The van der Waals surface area contributed by atoms with Crippen molar-refractivity contribution in [3.8, 4) is 0 Å². The monoisotopic (exact) mass is 437 g/mol. The number of H-pyrrole nitrogens is 1. The highest BCUT2D eigenvalue weighted by Crippen LogP contribution is 2.19. The van der Waals surface area contributed by atoms with Gasteiger partial charge in [-0.2, -0.15) is 0 Å². The van der Waals surface area contributed by atoms with E-state index >= 15 is 0 Å². The zero-order chi connectivity index (χ0) is 21.2. The molecule has 29 heavy (non-hydrogen) atoms. The summed E-state index contributed by atoms with van der Waals surface area (Å²) in [6.07, 6.45) is 4.36. The molecule has 3 heterocycles. The van der Waals surface area contributed by atoms with Crippen molar-refractivity contribution in [1.82, 2.24) is 14.7 Å². The van der Waals surface area contributed by atoms with Crippen LogP contribution in [0.25, 0.3) is 11.0 Å². The molecule has 0 aliphatic carbocycles. The van der Waals surface area contributed by atoms with E-state index in [9.17, 15) is 16.8 Å². The molecule has 0 amide bonds. The molecule has 1 aliphatic heterocycles. The van der Waals surface area contributed by atoms with Crippen LogP contribution in [0.1, 0.15) is 24.1 Å². The maximum Gasteiger partial charge on any atom is 0.242 e. The van der Waals surface area contributed by atoms with Gasteiger partial charge in [-0.1, -0.05) is 6.58 Å². The summed E-state index contributed by atoms with van der Waals surface area (Å²) in [5.41, 5.74) is 8.28. The van der Waals surface area contributed by atoms with E-state index in [4.69, 9.17) is 5.73 Å². The van der Waals surface area contributed by atoms with Gasteiger partial charge in [0.25, 0.3) is 0 Å². The fraction of sp³-hybridized carbons (Fsp3) is 0.333. The fourth-order valence-electron chi connectivity index (χ4n) is 3.11. The molecule has 1 aliphatic rings. The molecule has 0 radical (unpaired) electrons. The highest BCUT2D eigenvalue weighted by molar-refractivity contribution is 7.93. The second-order valence-corrected chi connectivity index (χ2v) is 10.9. The zero-order valence-electron chi connectivity index (χ0n) is 15.9. The van der Waals surface area contributed by atoms with Crippen molar-refractivity contribution in [3.63, 3.8) is 0 Å². The average Bonchev–Trinajstić information content (AvgIpc) is 3.03. The molecule has 0 spiro atoms. The van der Waals surface area contributed by atoms with E-state index in [1.165, 1.54) is 6.08 Å². The molecule has 0 unspecified atom stereocenters. The predicted octanol–water partition coefficient (Wildman–Crippen LogP) is 1.10. The Morgan fingerprint density at radius 2 is 2.10 bits per heavy atom. The largest absolute Gasteiger partial charge is 0.383 e. The minimum atomic E-state index is -3.91. The second kappa shape index (κ2) is 8.09. The Morgan fingerprint density at radius 3 is 2.76 bits per heavy atom. The van der Waals surface area contributed by atoms with Crippen molar-refractivity contribution in [3.05, 3.63) is 53.3 Å². The average molecular weight is 438 g/mol. The van der Waals surface area contributed by atoms with Gasteiger partial charge in [0.05, 0.1) is 16.4 Å². The summed E-state index contributed by atoms with van der Waals surface area (Å²) in [5, 5.41) is 0.782. The van der Waals surface area contributed by atoms with E-state index in [1.807, 2.05) is 13.0 Å². The number of pyridine rings is 1. The van der Waals surface area contributed by atoms with Crippen LogP contribution in [0, 0.1) is 6.92 Å². The lowest BCUT2D eigenvalue weighted by atomic mass is 10.1. The maximum absolute atomic E-state index is 12.6. The summed E-state index contributed by atoms with van der Waals surface area (Å²) in [4.78, 5) is 11.3. The number of fused-ring (bicyclic) bond motifs is 1. The predicted molar refractivity (Wildman–Crippen MR) is 114 cm³/mol. The Bertz CT molecular complexity index is 1200. The van der Waals surface area contributed by atoms with E-state index in [2.05, 4.69) is 26.3 Å². The van der Waals surface area contributed by atoms with E-state index in [0.29, 0.717) is 11.2 Å². The number of allylic oxidation sites excluding steroid dienone is 1. The van der Waals surface area contributed by atoms with E-state index in [0.717, 1.165) is 17.3 Å². The molecule has 0 aromatic carbocycles. The van der Waals surface area contributed by atoms with Gasteiger partial charge < -0.3 is 10.7 Å². The number of nitrogens with two attached hydrogens (primary N) is 1.